The number of rotatable bonds is 5. The molecule has 0 aromatic carbocycles. The van der Waals surface area contributed by atoms with Crippen molar-refractivity contribution in [2.75, 3.05) is 19.6 Å². The molecule has 1 aromatic heterocycles. The fourth-order valence-electron chi connectivity index (χ4n) is 2.33. The standard InChI is InChI=1S/C15H23N3O2S/c1-11(2)3-6-16-15(20)17-14(19)10-18-7-4-13-12(9-18)5-8-21-13/h5,8,11H,3-4,6-7,9-10H2,1-2H3,(H2,16,17,19,20). The van der Waals surface area contributed by atoms with E-state index in [2.05, 4.69) is 40.8 Å². The molecule has 0 bridgehead atoms. The average Bonchev–Trinajstić information content (AvgIpc) is 2.85. The summed E-state index contributed by atoms with van der Waals surface area (Å²) in [5, 5.41) is 7.19. The molecule has 2 rings (SSSR count). The number of carbonyl (C=O) groups is 2. The maximum Gasteiger partial charge on any atom is 0.321 e. The SMILES string of the molecule is CC(C)CCNC(=O)NC(=O)CN1CCc2sccc2C1. The molecule has 0 atom stereocenters. The second kappa shape index (κ2) is 7.56. The van der Waals surface area contributed by atoms with Crippen molar-refractivity contribution in [1.82, 2.24) is 15.5 Å². The second-order valence-corrected chi connectivity index (χ2v) is 6.82. The van der Waals surface area contributed by atoms with Crippen LogP contribution in [0.15, 0.2) is 11.4 Å². The first kappa shape index (κ1) is 16.0. The zero-order valence-electron chi connectivity index (χ0n) is 12.6. The summed E-state index contributed by atoms with van der Waals surface area (Å²) in [6.45, 7) is 6.72. The van der Waals surface area contributed by atoms with Crippen molar-refractivity contribution in [3.63, 3.8) is 0 Å². The van der Waals surface area contributed by atoms with Crippen LogP contribution in [0.5, 0.6) is 0 Å². The quantitative estimate of drug-likeness (QED) is 0.874. The summed E-state index contributed by atoms with van der Waals surface area (Å²) < 4.78 is 0. The zero-order valence-corrected chi connectivity index (χ0v) is 13.5. The Morgan fingerprint density at radius 2 is 2.24 bits per heavy atom. The molecule has 0 aliphatic carbocycles. The van der Waals surface area contributed by atoms with Crippen LogP contribution < -0.4 is 10.6 Å². The Morgan fingerprint density at radius 3 is 3.00 bits per heavy atom. The summed E-state index contributed by atoms with van der Waals surface area (Å²) in [4.78, 5) is 26.9. The van der Waals surface area contributed by atoms with Crippen LogP contribution >= 0.6 is 11.3 Å². The van der Waals surface area contributed by atoms with E-state index in [4.69, 9.17) is 0 Å². The third kappa shape index (κ3) is 5.13. The van der Waals surface area contributed by atoms with Gasteiger partial charge >= 0.3 is 6.03 Å². The zero-order chi connectivity index (χ0) is 15.2. The first-order valence-corrected chi connectivity index (χ1v) is 8.28. The van der Waals surface area contributed by atoms with Gasteiger partial charge in [-0.1, -0.05) is 13.8 Å². The summed E-state index contributed by atoms with van der Waals surface area (Å²) >= 11 is 1.78. The van der Waals surface area contributed by atoms with E-state index in [1.807, 2.05) is 0 Å². The molecule has 2 heterocycles. The van der Waals surface area contributed by atoms with Gasteiger partial charge in [-0.15, -0.1) is 11.3 Å². The van der Waals surface area contributed by atoms with Gasteiger partial charge in [0.15, 0.2) is 0 Å². The number of nitrogens with zero attached hydrogens (tertiary/aromatic N) is 1. The van der Waals surface area contributed by atoms with Gasteiger partial charge in [0, 0.05) is 24.5 Å². The van der Waals surface area contributed by atoms with Crippen molar-refractivity contribution < 1.29 is 9.59 Å². The van der Waals surface area contributed by atoms with Crippen LogP contribution in [0.25, 0.3) is 0 Å². The lowest BCUT2D eigenvalue weighted by atomic mass is 10.1. The second-order valence-electron chi connectivity index (χ2n) is 5.82. The van der Waals surface area contributed by atoms with E-state index >= 15 is 0 Å². The molecule has 0 radical (unpaired) electrons. The molecule has 2 N–H and O–H groups in total. The van der Waals surface area contributed by atoms with Crippen molar-refractivity contribution >= 4 is 23.3 Å². The maximum atomic E-state index is 11.9. The first-order valence-electron chi connectivity index (χ1n) is 7.40. The number of hydrogen-bond donors (Lipinski definition) is 2. The summed E-state index contributed by atoms with van der Waals surface area (Å²) in [5.41, 5.74) is 1.31. The highest BCUT2D eigenvalue weighted by Crippen LogP contribution is 2.23. The Kier molecular flexibility index (Phi) is 5.76. The van der Waals surface area contributed by atoms with Gasteiger partial charge in [0.2, 0.25) is 5.91 Å². The Labute approximate surface area is 129 Å². The van der Waals surface area contributed by atoms with E-state index < -0.39 is 6.03 Å². The minimum absolute atomic E-state index is 0.240. The van der Waals surface area contributed by atoms with Gasteiger partial charge < -0.3 is 5.32 Å². The van der Waals surface area contributed by atoms with Gasteiger partial charge in [-0.05, 0) is 35.8 Å². The maximum absolute atomic E-state index is 11.9. The van der Waals surface area contributed by atoms with E-state index in [1.54, 1.807) is 11.3 Å². The van der Waals surface area contributed by atoms with E-state index in [9.17, 15) is 9.59 Å². The van der Waals surface area contributed by atoms with Gasteiger partial charge in [0.05, 0.1) is 6.54 Å². The van der Waals surface area contributed by atoms with Crippen LogP contribution in [0.4, 0.5) is 4.79 Å². The number of imide groups is 1. The van der Waals surface area contributed by atoms with Crippen molar-refractivity contribution in [1.29, 1.82) is 0 Å². The number of carbonyl (C=O) groups excluding carboxylic acids is 2. The van der Waals surface area contributed by atoms with Crippen molar-refractivity contribution in [2.45, 2.75) is 33.2 Å². The Hall–Kier alpha value is -1.40. The molecular weight excluding hydrogens is 286 g/mol. The molecule has 116 valence electrons. The van der Waals surface area contributed by atoms with Gasteiger partial charge in [0.25, 0.3) is 0 Å². The van der Waals surface area contributed by atoms with Gasteiger partial charge in [-0.3, -0.25) is 15.0 Å². The third-order valence-corrected chi connectivity index (χ3v) is 4.54. The van der Waals surface area contributed by atoms with E-state index in [-0.39, 0.29) is 12.5 Å². The smallest absolute Gasteiger partial charge is 0.321 e. The third-order valence-electron chi connectivity index (χ3n) is 3.51. The lowest BCUT2D eigenvalue weighted by molar-refractivity contribution is -0.121. The van der Waals surface area contributed by atoms with Gasteiger partial charge in [-0.25, -0.2) is 4.79 Å². The Morgan fingerprint density at radius 1 is 1.43 bits per heavy atom. The molecular formula is C15H23N3O2S. The lowest BCUT2D eigenvalue weighted by Gasteiger charge is -2.25. The van der Waals surface area contributed by atoms with Crippen LogP contribution in [0.2, 0.25) is 0 Å². The Bertz CT molecular complexity index is 499. The topological polar surface area (TPSA) is 61.4 Å². The fourth-order valence-corrected chi connectivity index (χ4v) is 3.22. The van der Waals surface area contributed by atoms with Crippen LogP contribution in [0.3, 0.4) is 0 Å². The van der Waals surface area contributed by atoms with Gasteiger partial charge in [0.1, 0.15) is 0 Å². The number of amides is 3. The average molecular weight is 309 g/mol. The molecule has 6 heteroatoms. The van der Waals surface area contributed by atoms with Crippen molar-refractivity contribution in [3.8, 4) is 0 Å². The molecule has 1 aliphatic heterocycles. The number of urea groups is 1. The number of fused-ring (bicyclic) bond motifs is 1. The highest BCUT2D eigenvalue weighted by molar-refractivity contribution is 7.10. The minimum atomic E-state index is -0.395. The predicted molar refractivity (Wildman–Crippen MR) is 84.3 cm³/mol. The van der Waals surface area contributed by atoms with Crippen LogP contribution in [0, 0.1) is 5.92 Å². The highest BCUT2D eigenvalue weighted by atomic mass is 32.1. The van der Waals surface area contributed by atoms with Crippen LogP contribution in [0.1, 0.15) is 30.7 Å². The predicted octanol–water partition coefficient (Wildman–Crippen LogP) is 1.98. The number of thiophene rings is 1. The number of nitrogens with one attached hydrogen (secondary N) is 2. The molecule has 0 saturated carbocycles. The van der Waals surface area contributed by atoms with E-state index in [0.29, 0.717) is 12.5 Å². The van der Waals surface area contributed by atoms with Crippen LogP contribution in [-0.4, -0.2) is 36.5 Å². The summed E-state index contributed by atoms with van der Waals surface area (Å²) in [7, 11) is 0. The highest BCUT2D eigenvalue weighted by Gasteiger charge is 2.19. The first-order chi connectivity index (χ1) is 10.0. The van der Waals surface area contributed by atoms with E-state index in [0.717, 1.165) is 25.9 Å². The molecule has 0 spiro atoms. The van der Waals surface area contributed by atoms with Crippen molar-refractivity contribution in [2.24, 2.45) is 5.92 Å². The molecule has 21 heavy (non-hydrogen) atoms. The molecule has 0 saturated heterocycles. The van der Waals surface area contributed by atoms with Crippen LogP contribution in [-0.2, 0) is 17.8 Å². The molecule has 0 fully saturated rings. The molecule has 3 amide bonds. The monoisotopic (exact) mass is 309 g/mol. The summed E-state index contributed by atoms with van der Waals surface area (Å²) in [6.07, 6.45) is 1.90. The van der Waals surface area contributed by atoms with E-state index in [1.165, 1.54) is 10.4 Å². The summed E-state index contributed by atoms with van der Waals surface area (Å²) in [6, 6.07) is 1.72. The molecule has 1 aliphatic rings. The number of hydrogen-bond acceptors (Lipinski definition) is 4. The molecule has 5 nitrogen and oxygen atoms in total. The fraction of sp³-hybridized carbons (Fsp3) is 0.600. The van der Waals surface area contributed by atoms with Gasteiger partial charge in [-0.2, -0.15) is 0 Å². The minimum Gasteiger partial charge on any atom is -0.338 e. The molecule has 0 unspecified atom stereocenters. The summed E-state index contributed by atoms with van der Waals surface area (Å²) in [5.74, 6) is 0.296. The Balaban J connectivity index is 1.69. The normalized spacial score (nSPS) is 14.8. The lowest BCUT2D eigenvalue weighted by Crippen LogP contribution is -2.45. The molecule has 1 aromatic rings. The van der Waals surface area contributed by atoms with Crippen molar-refractivity contribution in [3.05, 3.63) is 21.9 Å². The largest absolute Gasteiger partial charge is 0.338 e.